The van der Waals surface area contributed by atoms with E-state index in [-0.39, 0.29) is 6.61 Å². The number of benzene rings is 2. The first-order valence-corrected chi connectivity index (χ1v) is 9.41. The molecule has 29 heavy (non-hydrogen) atoms. The summed E-state index contributed by atoms with van der Waals surface area (Å²) in [5, 5.41) is 3.10. The monoisotopic (exact) mass is 388 g/mol. The van der Waals surface area contributed by atoms with E-state index in [0.717, 1.165) is 11.1 Å². The second-order valence-electron chi connectivity index (χ2n) is 6.82. The van der Waals surface area contributed by atoms with Crippen molar-refractivity contribution in [1.29, 1.82) is 0 Å². The number of hydrogen-bond acceptors (Lipinski definition) is 4. The van der Waals surface area contributed by atoms with Gasteiger partial charge in [-0.05, 0) is 31.1 Å². The molecule has 5 heteroatoms. The SMILES string of the molecule is CC1=C(C(N)=O)C(c2ccccc2)C(C(=O)OC/C=C/c2ccccc2)=C(C)N1. The second-order valence-corrected chi connectivity index (χ2v) is 6.82. The Kier molecular flexibility index (Phi) is 6.29. The van der Waals surface area contributed by atoms with Gasteiger partial charge in [-0.25, -0.2) is 4.79 Å². The second kappa shape index (κ2) is 9.06. The van der Waals surface area contributed by atoms with E-state index in [1.54, 1.807) is 19.9 Å². The molecule has 0 aliphatic carbocycles. The molecular weight excluding hydrogens is 364 g/mol. The van der Waals surface area contributed by atoms with Gasteiger partial charge in [0.05, 0.1) is 11.5 Å². The fraction of sp³-hybridized carbons (Fsp3) is 0.167. The predicted octanol–water partition coefficient (Wildman–Crippen LogP) is 3.66. The van der Waals surface area contributed by atoms with Crippen LogP contribution in [0.2, 0.25) is 0 Å². The Morgan fingerprint density at radius 1 is 0.966 bits per heavy atom. The number of dihydropyridines is 1. The molecule has 1 aliphatic rings. The normalized spacial score (nSPS) is 16.7. The van der Waals surface area contributed by atoms with E-state index in [1.807, 2.05) is 66.7 Å². The minimum absolute atomic E-state index is 0.126. The smallest absolute Gasteiger partial charge is 0.337 e. The molecule has 1 amide bonds. The highest BCUT2D eigenvalue weighted by Crippen LogP contribution is 2.38. The summed E-state index contributed by atoms with van der Waals surface area (Å²) in [7, 11) is 0. The first-order valence-electron chi connectivity index (χ1n) is 9.41. The van der Waals surface area contributed by atoms with Gasteiger partial charge in [-0.2, -0.15) is 0 Å². The maximum atomic E-state index is 12.9. The largest absolute Gasteiger partial charge is 0.458 e. The van der Waals surface area contributed by atoms with Crippen LogP contribution in [0.15, 0.2) is 89.3 Å². The summed E-state index contributed by atoms with van der Waals surface area (Å²) in [6.07, 6.45) is 3.67. The highest BCUT2D eigenvalue weighted by Gasteiger charge is 2.36. The number of amides is 1. The number of esters is 1. The summed E-state index contributed by atoms with van der Waals surface area (Å²) in [6, 6.07) is 19.1. The summed E-state index contributed by atoms with van der Waals surface area (Å²) >= 11 is 0. The van der Waals surface area contributed by atoms with Crippen LogP contribution in [0.4, 0.5) is 0 Å². The van der Waals surface area contributed by atoms with Crippen LogP contribution < -0.4 is 11.1 Å². The number of carbonyl (C=O) groups is 2. The molecule has 0 fully saturated rings. The molecule has 2 aromatic carbocycles. The molecule has 148 valence electrons. The Morgan fingerprint density at radius 2 is 1.55 bits per heavy atom. The van der Waals surface area contributed by atoms with Crippen molar-refractivity contribution in [3.05, 3.63) is 100 Å². The molecule has 1 atom stereocenters. The van der Waals surface area contributed by atoms with Gasteiger partial charge in [0.2, 0.25) is 5.91 Å². The fourth-order valence-corrected chi connectivity index (χ4v) is 3.52. The molecule has 0 saturated heterocycles. The van der Waals surface area contributed by atoms with Gasteiger partial charge in [0.25, 0.3) is 0 Å². The van der Waals surface area contributed by atoms with E-state index in [4.69, 9.17) is 10.5 Å². The lowest BCUT2D eigenvalue weighted by Gasteiger charge is -2.30. The maximum absolute atomic E-state index is 12.9. The van der Waals surface area contributed by atoms with Crippen molar-refractivity contribution in [2.24, 2.45) is 5.73 Å². The zero-order valence-electron chi connectivity index (χ0n) is 16.5. The van der Waals surface area contributed by atoms with Crippen LogP contribution in [0, 0.1) is 0 Å². The zero-order chi connectivity index (χ0) is 20.8. The molecule has 3 N–H and O–H groups in total. The van der Waals surface area contributed by atoms with Gasteiger partial charge in [0.1, 0.15) is 6.61 Å². The van der Waals surface area contributed by atoms with Gasteiger partial charge in [0, 0.05) is 17.0 Å². The third-order valence-electron chi connectivity index (χ3n) is 4.80. The number of nitrogens with one attached hydrogen (secondary N) is 1. The fourth-order valence-electron chi connectivity index (χ4n) is 3.52. The summed E-state index contributed by atoms with van der Waals surface area (Å²) in [6.45, 7) is 3.71. The number of allylic oxidation sites excluding steroid dienone is 2. The van der Waals surface area contributed by atoms with Crippen molar-refractivity contribution in [2.45, 2.75) is 19.8 Å². The highest BCUT2D eigenvalue weighted by atomic mass is 16.5. The maximum Gasteiger partial charge on any atom is 0.337 e. The van der Waals surface area contributed by atoms with Crippen LogP contribution >= 0.6 is 0 Å². The van der Waals surface area contributed by atoms with Crippen molar-refractivity contribution in [3.8, 4) is 0 Å². The van der Waals surface area contributed by atoms with Crippen molar-refractivity contribution in [2.75, 3.05) is 6.61 Å². The lowest BCUT2D eigenvalue weighted by atomic mass is 9.80. The summed E-state index contributed by atoms with van der Waals surface area (Å²) in [5.74, 6) is -1.61. The first kappa shape index (κ1) is 20.1. The Morgan fingerprint density at radius 3 is 2.17 bits per heavy atom. The third-order valence-corrected chi connectivity index (χ3v) is 4.80. The number of primary amides is 1. The average Bonchev–Trinajstić information content (AvgIpc) is 2.71. The predicted molar refractivity (Wildman–Crippen MR) is 113 cm³/mol. The van der Waals surface area contributed by atoms with Gasteiger partial charge in [-0.1, -0.05) is 66.7 Å². The van der Waals surface area contributed by atoms with Crippen LogP contribution in [0.25, 0.3) is 6.08 Å². The Bertz CT molecular complexity index is 989. The molecule has 1 heterocycles. The van der Waals surface area contributed by atoms with Crippen LogP contribution in [-0.4, -0.2) is 18.5 Å². The molecule has 0 radical (unpaired) electrons. The number of nitrogens with two attached hydrogens (primary N) is 1. The summed E-state index contributed by atoms with van der Waals surface area (Å²) < 4.78 is 5.49. The first-order chi connectivity index (χ1) is 14.0. The Labute approximate surface area is 170 Å². The van der Waals surface area contributed by atoms with E-state index in [9.17, 15) is 9.59 Å². The van der Waals surface area contributed by atoms with Gasteiger partial charge in [0.15, 0.2) is 0 Å². The molecule has 1 aliphatic heterocycles. The van der Waals surface area contributed by atoms with Crippen LogP contribution in [0.1, 0.15) is 30.9 Å². The Hall–Kier alpha value is -3.60. The minimum atomic E-state index is -0.569. The van der Waals surface area contributed by atoms with E-state index in [1.165, 1.54) is 0 Å². The Balaban J connectivity index is 1.85. The molecule has 1 unspecified atom stereocenters. The van der Waals surface area contributed by atoms with E-state index >= 15 is 0 Å². The van der Waals surface area contributed by atoms with Gasteiger partial charge < -0.3 is 15.8 Å². The van der Waals surface area contributed by atoms with Crippen molar-refractivity contribution in [1.82, 2.24) is 5.32 Å². The van der Waals surface area contributed by atoms with Crippen LogP contribution in [-0.2, 0) is 14.3 Å². The van der Waals surface area contributed by atoms with E-state index in [2.05, 4.69) is 5.32 Å². The van der Waals surface area contributed by atoms with E-state index < -0.39 is 17.8 Å². The molecule has 5 nitrogen and oxygen atoms in total. The number of rotatable bonds is 6. The van der Waals surface area contributed by atoms with Gasteiger partial charge in [-0.15, -0.1) is 0 Å². The molecule has 2 aromatic rings. The van der Waals surface area contributed by atoms with Crippen molar-refractivity contribution >= 4 is 18.0 Å². The van der Waals surface area contributed by atoms with Gasteiger partial charge in [-0.3, -0.25) is 4.79 Å². The lowest BCUT2D eigenvalue weighted by Crippen LogP contribution is -2.34. The number of ether oxygens (including phenoxy) is 1. The number of hydrogen-bond donors (Lipinski definition) is 2. The standard InChI is InChI=1S/C24H24N2O3/c1-16-20(23(25)27)22(19-13-7-4-8-14-19)21(17(2)26-16)24(28)29-15-9-12-18-10-5-3-6-11-18/h3-14,22,26H,15H2,1-2H3,(H2,25,27)/b12-9+. The van der Waals surface area contributed by atoms with Crippen molar-refractivity contribution < 1.29 is 14.3 Å². The molecule has 0 bridgehead atoms. The highest BCUT2D eigenvalue weighted by molar-refractivity contribution is 6.01. The topological polar surface area (TPSA) is 81.4 Å². The molecule has 0 saturated carbocycles. The molecule has 0 aromatic heterocycles. The molecule has 3 rings (SSSR count). The lowest BCUT2D eigenvalue weighted by molar-refractivity contribution is -0.138. The van der Waals surface area contributed by atoms with Crippen LogP contribution in [0.5, 0.6) is 0 Å². The van der Waals surface area contributed by atoms with Gasteiger partial charge >= 0.3 is 5.97 Å². The molecule has 0 spiro atoms. The minimum Gasteiger partial charge on any atom is -0.458 e. The number of carbonyl (C=O) groups excluding carboxylic acids is 2. The summed E-state index contributed by atoms with van der Waals surface area (Å²) in [5.41, 5.74) is 9.55. The average molecular weight is 388 g/mol. The zero-order valence-corrected chi connectivity index (χ0v) is 16.5. The quantitative estimate of drug-likeness (QED) is 0.740. The van der Waals surface area contributed by atoms with E-state index in [0.29, 0.717) is 22.5 Å². The summed E-state index contributed by atoms with van der Waals surface area (Å²) in [4.78, 5) is 25.1. The third kappa shape index (κ3) is 4.63. The van der Waals surface area contributed by atoms with Crippen LogP contribution in [0.3, 0.4) is 0 Å². The van der Waals surface area contributed by atoms with Crippen molar-refractivity contribution in [3.63, 3.8) is 0 Å². The molecular formula is C24H24N2O3.